The molecule has 0 atom stereocenters. The van der Waals surface area contributed by atoms with Gasteiger partial charge in [0.25, 0.3) is 0 Å². The number of nitrogens with one attached hydrogen (secondary N) is 1. The van der Waals surface area contributed by atoms with Gasteiger partial charge in [0.15, 0.2) is 5.43 Å². The van der Waals surface area contributed by atoms with Gasteiger partial charge >= 0.3 is 0 Å². The molecule has 2 heterocycles. The third kappa shape index (κ3) is 4.42. The van der Waals surface area contributed by atoms with Gasteiger partial charge in [0.2, 0.25) is 0 Å². The maximum atomic E-state index is 12.6. The topological polar surface area (TPSA) is 51.3 Å². The summed E-state index contributed by atoms with van der Waals surface area (Å²) in [7, 11) is 0. The summed E-state index contributed by atoms with van der Waals surface area (Å²) in [5.41, 5.74) is 2.44. The maximum Gasteiger partial charge on any atom is 0.192 e. The summed E-state index contributed by atoms with van der Waals surface area (Å²) in [6.45, 7) is 3.97. The van der Waals surface area contributed by atoms with Crippen molar-refractivity contribution < 1.29 is 9.47 Å². The highest BCUT2D eigenvalue weighted by molar-refractivity contribution is 7.99. The summed E-state index contributed by atoms with van der Waals surface area (Å²) in [5, 5.41) is 0.718. The molecule has 28 heavy (non-hydrogen) atoms. The van der Waals surface area contributed by atoms with Crippen molar-refractivity contribution in [3.8, 4) is 5.75 Å². The van der Waals surface area contributed by atoms with Gasteiger partial charge in [0.05, 0.1) is 5.69 Å². The average Bonchev–Trinajstić information content (AvgIpc) is 2.75. The molecule has 3 aromatic rings. The van der Waals surface area contributed by atoms with Crippen LogP contribution in [0.4, 0.5) is 0 Å². The first-order valence-corrected chi connectivity index (χ1v) is 10.7. The van der Waals surface area contributed by atoms with E-state index in [1.807, 2.05) is 55.1 Å². The second kappa shape index (κ2) is 8.84. The van der Waals surface area contributed by atoms with E-state index >= 15 is 0 Å². The fraction of sp³-hybridized carbons (Fsp3) is 0.348. The molecule has 1 fully saturated rings. The molecule has 0 radical (unpaired) electrons. The molecule has 146 valence electrons. The smallest absolute Gasteiger partial charge is 0.192 e. The third-order valence-electron chi connectivity index (χ3n) is 5.27. The normalized spacial score (nSPS) is 15.0. The summed E-state index contributed by atoms with van der Waals surface area (Å²) >= 11 is 1.88. The minimum absolute atomic E-state index is 0.0636. The molecular formula is C23H25NO3S. The van der Waals surface area contributed by atoms with Crippen molar-refractivity contribution in [1.29, 1.82) is 0 Å². The van der Waals surface area contributed by atoms with Crippen LogP contribution in [0.5, 0.6) is 5.75 Å². The van der Waals surface area contributed by atoms with Crippen LogP contribution in [0.1, 0.15) is 24.1 Å². The van der Waals surface area contributed by atoms with Gasteiger partial charge in [0.1, 0.15) is 12.4 Å². The monoisotopic (exact) mass is 395 g/mol. The first kappa shape index (κ1) is 19.1. The molecule has 4 rings (SSSR count). The molecular weight excluding hydrogens is 370 g/mol. The number of H-pyrrole nitrogens is 1. The number of fused-ring (bicyclic) bond motifs is 1. The molecule has 1 aromatic heterocycles. The second-order valence-corrected chi connectivity index (χ2v) is 8.33. The Morgan fingerprint density at radius 3 is 2.82 bits per heavy atom. The van der Waals surface area contributed by atoms with Gasteiger partial charge in [-0.05, 0) is 56.0 Å². The Bertz CT molecular complexity index is 1010. The van der Waals surface area contributed by atoms with Crippen molar-refractivity contribution in [2.45, 2.75) is 31.3 Å². The molecule has 1 aliphatic heterocycles. The van der Waals surface area contributed by atoms with E-state index < -0.39 is 0 Å². The fourth-order valence-electron chi connectivity index (χ4n) is 3.47. The lowest BCUT2D eigenvalue weighted by Gasteiger charge is -2.21. The van der Waals surface area contributed by atoms with E-state index in [0.717, 1.165) is 60.1 Å². The standard InChI is InChI=1S/C23H25NO3S/c1-16-22(24-21-8-3-2-7-20(21)23(16)25)14-27-18-5-4-6-19(13-18)28-15-17-9-11-26-12-10-17/h2-8,13,17H,9-12,14-15H2,1H3,(H,24,25). The molecule has 0 amide bonds. The number of aromatic amines is 1. The number of rotatable bonds is 6. The molecule has 0 bridgehead atoms. The Morgan fingerprint density at radius 2 is 1.96 bits per heavy atom. The van der Waals surface area contributed by atoms with Crippen LogP contribution < -0.4 is 10.2 Å². The highest BCUT2D eigenvalue weighted by atomic mass is 32.2. The zero-order chi connectivity index (χ0) is 19.3. The minimum atomic E-state index is 0.0636. The van der Waals surface area contributed by atoms with Crippen molar-refractivity contribution in [2.24, 2.45) is 5.92 Å². The van der Waals surface area contributed by atoms with Crippen LogP contribution in [0.15, 0.2) is 58.2 Å². The van der Waals surface area contributed by atoms with E-state index in [4.69, 9.17) is 9.47 Å². The Hall–Kier alpha value is -2.24. The van der Waals surface area contributed by atoms with Crippen LogP contribution in [-0.4, -0.2) is 24.0 Å². The summed E-state index contributed by atoms with van der Waals surface area (Å²) < 4.78 is 11.4. The van der Waals surface area contributed by atoms with Gasteiger partial charge in [0, 0.05) is 40.3 Å². The largest absolute Gasteiger partial charge is 0.487 e. The summed E-state index contributed by atoms with van der Waals surface area (Å²) in [6.07, 6.45) is 2.30. The average molecular weight is 396 g/mol. The molecule has 1 aliphatic rings. The lowest BCUT2D eigenvalue weighted by atomic mass is 10.0. The molecule has 0 unspecified atom stereocenters. The fourth-order valence-corrected chi connectivity index (χ4v) is 4.60. The number of para-hydroxylation sites is 1. The van der Waals surface area contributed by atoms with Crippen LogP contribution in [0.25, 0.3) is 10.9 Å². The maximum absolute atomic E-state index is 12.6. The van der Waals surface area contributed by atoms with E-state index in [2.05, 4.69) is 17.1 Å². The SMILES string of the molecule is Cc1c(COc2cccc(SCC3CCOCC3)c2)[nH]c2ccccc2c1=O. The Morgan fingerprint density at radius 1 is 1.14 bits per heavy atom. The number of aromatic nitrogens is 1. The van der Waals surface area contributed by atoms with E-state index in [9.17, 15) is 4.79 Å². The van der Waals surface area contributed by atoms with Crippen LogP contribution in [0, 0.1) is 12.8 Å². The molecule has 0 saturated carbocycles. The van der Waals surface area contributed by atoms with E-state index in [0.29, 0.717) is 12.2 Å². The van der Waals surface area contributed by atoms with Gasteiger partial charge in [-0.3, -0.25) is 4.79 Å². The Kier molecular flexibility index (Phi) is 6.03. The number of pyridine rings is 1. The summed E-state index contributed by atoms with van der Waals surface area (Å²) in [5.74, 6) is 2.67. The van der Waals surface area contributed by atoms with Crippen molar-refractivity contribution in [3.63, 3.8) is 0 Å². The van der Waals surface area contributed by atoms with Crippen LogP contribution in [0.2, 0.25) is 0 Å². The van der Waals surface area contributed by atoms with Crippen LogP contribution in [-0.2, 0) is 11.3 Å². The highest BCUT2D eigenvalue weighted by Gasteiger charge is 2.14. The second-order valence-electron chi connectivity index (χ2n) is 7.23. The first-order chi connectivity index (χ1) is 13.7. The number of hydrogen-bond acceptors (Lipinski definition) is 4. The summed E-state index contributed by atoms with van der Waals surface area (Å²) in [4.78, 5) is 17.1. The number of hydrogen-bond donors (Lipinski definition) is 1. The summed E-state index contributed by atoms with van der Waals surface area (Å²) in [6, 6.07) is 15.8. The Balaban J connectivity index is 1.43. The number of thioether (sulfide) groups is 1. The minimum Gasteiger partial charge on any atom is -0.487 e. The van der Waals surface area contributed by atoms with Gasteiger partial charge in [-0.15, -0.1) is 11.8 Å². The molecule has 5 heteroatoms. The van der Waals surface area contributed by atoms with Gasteiger partial charge in [-0.2, -0.15) is 0 Å². The predicted molar refractivity (Wildman–Crippen MR) is 114 cm³/mol. The lowest BCUT2D eigenvalue weighted by molar-refractivity contribution is 0.0728. The van der Waals surface area contributed by atoms with Gasteiger partial charge < -0.3 is 14.5 Å². The Labute approximate surface area is 169 Å². The molecule has 0 spiro atoms. The molecule has 1 N–H and O–H groups in total. The van der Waals surface area contributed by atoms with Crippen LogP contribution in [0.3, 0.4) is 0 Å². The lowest BCUT2D eigenvalue weighted by Crippen LogP contribution is -2.17. The quantitative estimate of drug-likeness (QED) is 0.601. The van der Waals surface area contributed by atoms with Crippen molar-refractivity contribution in [1.82, 2.24) is 4.98 Å². The van der Waals surface area contributed by atoms with Gasteiger partial charge in [-0.1, -0.05) is 18.2 Å². The van der Waals surface area contributed by atoms with E-state index in [-0.39, 0.29) is 5.43 Å². The zero-order valence-electron chi connectivity index (χ0n) is 16.1. The molecule has 1 saturated heterocycles. The molecule has 0 aliphatic carbocycles. The van der Waals surface area contributed by atoms with E-state index in [1.165, 1.54) is 4.90 Å². The number of benzene rings is 2. The number of ether oxygens (including phenoxy) is 2. The molecule has 4 nitrogen and oxygen atoms in total. The van der Waals surface area contributed by atoms with E-state index in [1.54, 1.807) is 0 Å². The van der Waals surface area contributed by atoms with Crippen molar-refractivity contribution >= 4 is 22.7 Å². The molecule has 2 aromatic carbocycles. The first-order valence-electron chi connectivity index (χ1n) is 9.74. The highest BCUT2D eigenvalue weighted by Crippen LogP contribution is 2.28. The van der Waals surface area contributed by atoms with Crippen molar-refractivity contribution in [2.75, 3.05) is 19.0 Å². The third-order valence-corrected chi connectivity index (χ3v) is 6.49. The predicted octanol–water partition coefficient (Wildman–Crippen LogP) is 4.93. The zero-order valence-corrected chi connectivity index (χ0v) is 16.9. The van der Waals surface area contributed by atoms with Crippen molar-refractivity contribution in [3.05, 3.63) is 70.0 Å². The van der Waals surface area contributed by atoms with Crippen LogP contribution >= 0.6 is 11.8 Å². The van der Waals surface area contributed by atoms with Gasteiger partial charge in [-0.25, -0.2) is 0 Å².